The van der Waals surface area contributed by atoms with Gasteiger partial charge in [-0.15, -0.1) is 0 Å². The van der Waals surface area contributed by atoms with Gasteiger partial charge in [0.2, 0.25) is 5.91 Å². The maximum absolute atomic E-state index is 13.4. The molecule has 0 bridgehead atoms. The molecule has 4 rings (SSSR count). The van der Waals surface area contributed by atoms with Crippen LogP contribution in [-0.4, -0.2) is 37.0 Å². The number of likely N-dealkylation sites (tertiary alicyclic amines) is 1. The van der Waals surface area contributed by atoms with E-state index >= 15 is 0 Å². The van der Waals surface area contributed by atoms with Crippen molar-refractivity contribution >= 4 is 11.6 Å². The molecule has 1 aromatic carbocycles. The topological polar surface area (TPSA) is 23.6 Å². The standard InChI is InChI=1S/C17H21FN2O/c18-14-2-1-3-15(8-14)20-12-17(9-16(20)21)6-7-19(11-17)10-13-4-5-13/h1-3,8,13H,4-7,9-12H2/t17-/m0/s1. The van der Waals surface area contributed by atoms with Gasteiger partial charge in [0.25, 0.3) is 0 Å². The summed E-state index contributed by atoms with van der Waals surface area (Å²) >= 11 is 0. The van der Waals surface area contributed by atoms with Crippen LogP contribution < -0.4 is 4.90 Å². The summed E-state index contributed by atoms with van der Waals surface area (Å²) in [4.78, 5) is 16.7. The second-order valence-corrected chi connectivity index (χ2v) is 7.07. The van der Waals surface area contributed by atoms with Gasteiger partial charge in [-0.05, 0) is 49.9 Å². The fourth-order valence-corrected chi connectivity index (χ4v) is 3.90. The van der Waals surface area contributed by atoms with Crippen LogP contribution in [0.25, 0.3) is 0 Å². The molecule has 2 saturated heterocycles. The predicted octanol–water partition coefficient (Wildman–Crippen LogP) is 2.66. The molecular formula is C17H21FN2O. The van der Waals surface area contributed by atoms with Crippen LogP contribution in [0.3, 0.4) is 0 Å². The van der Waals surface area contributed by atoms with Crippen LogP contribution in [0.5, 0.6) is 0 Å². The van der Waals surface area contributed by atoms with E-state index in [-0.39, 0.29) is 17.1 Å². The summed E-state index contributed by atoms with van der Waals surface area (Å²) in [6, 6.07) is 6.40. The smallest absolute Gasteiger partial charge is 0.227 e. The number of hydrogen-bond donors (Lipinski definition) is 0. The van der Waals surface area contributed by atoms with E-state index in [2.05, 4.69) is 4.90 Å². The van der Waals surface area contributed by atoms with Crippen molar-refractivity contribution in [2.45, 2.75) is 25.7 Å². The number of halogens is 1. The Labute approximate surface area is 124 Å². The Kier molecular flexibility index (Phi) is 3.03. The number of benzene rings is 1. The fraction of sp³-hybridized carbons (Fsp3) is 0.588. The zero-order valence-corrected chi connectivity index (χ0v) is 12.2. The van der Waals surface area contributed by atoms with Crippen molar-refractivity contribution in [3.05, 3.63) is 30.1 Å². The summed E-state index contributed by atoms with van der Waals surface area (Å²) in [6.45, 7) is 4.09. The molecule has 2 aliphatic heterocycles. The van der Waals surface area contributed by atoms with Gasteiger partial charge >= 0.3 is 0 Å². The molecule has 0 N–H and O–H groups in total. The van der Waals surface area contributed by atoms with Crippen LogP contribution in [0.2, 0.25) is 0 Å². The van der Waals surface area contributed by atoms with Gasteiger partial charge < -0.3 is 9.80 Å². The summed E-state index contributed by atoms with van der Waals surface area (Å²) in [7, 11) is 0. The number of nitrogens with zero attached hydrogens (tertiary/aromatic N) is 2. The van der Waals surface area contributed by atoms with Gasteiger partial charge in [0.05, 0.1) is 0 Å². The number of carbonyl (C=O) groups is 1. The second-order valence-electron chi connectivity index (χ2n) is 7.07. The van der Waals surface area contributed by atoms with Crippen molar-refractivity contribution in [1.29, 1.82) is 0 Å². The van der Waals surface area contributed by atoms with Gasteiger partial charge in [-0.2, -0.15) is 0 Å². The van der Waals surface area contributed by atoms with E-state index < -0.39 is 0 Å². The Balaban J connectivity index is 1.48. The molecule has 2 heterocycles. The SMILES string of the molecule is O=C1C[C@]2(CCN(CC3CC3)C2)CN1c1cccc(F)c1. The van der Waals surface area contributed by atoms with Crippen LogP contribution in [-0.2, 0) is 4.79 Å². The number of amides is 1. The van der Waals surface area contributed by atoms with E-state index in [0.29, 0.717) is 12.1 Å². The second kappa shape index (κ2) is 4.80. The van der Waals surface area contributed by atoms with Crippen molar-refractivity contribution in [3.63, 3.8) is 0 Å². The normalized spacial score (nSPS) is 29.8. The van der Waals surface area contributed by atoms with Crippen molar-refractivity contribution in [2.24, 2.45) is 11.3 Å². The van der Waals surface area contributed by atoms with E-state index in [1.165, 1.54) is 31.5 Å². The average molecular weight is 288 g/mol. The molecule has 1 aromatic rings. The highest BCUT2D eigenvalue weighted by molar-refractivity contribution is 5.96. The zero-order chi connectivity index (χ0) is 14.4. The Morgan fingerprint density at radius 2 is 2.14 bits per heavy atom. The molecule has 1 amide bonds. The third-order valence-corrected chi connectivity index (χ3v) is 5.17. The number of rotatable bonds is 3. The van der Waals surface area contributed by atoms with Gasteiger partial charge in [0, 0.05) is 37.2 Å². The molecule has 3 fully saturated rings. The minimum absolute atomic E-state index is 0.0955. The van der Waals surface area contributed by atoms with Crippen LogP contribution >= 0.6 is 0 Å². The number of carbonyl (C=O) groups excluding carboxylic acids is 1. The van der Waals surface area contributed by atoms with E-state index in [1.807, 2.05) is 6.07 Å². The fourth-order valence-electron chi connectivity index (χ4n) is 3.90. The zero-order valence-electron chi connectivity index (χ0n) is 12.2. The van der Waals surface area contributed by atoms with E-state index in [0.717, 1.165) is 32.0 Å². The van der Waals surface area contributed by atoms with Gasteiger partial charge in [0.15, 0.2) is 0 Å². The summed E-state index contributed by atoms with van der Waals surface area (Å²) in [5.41, 5.74) is 0.802. The lowest BCUT2D eigenvalue weighted by Gasteiger charge is -2.24. The maximum atomic E-state index is 13.4. The molecule has 0 radical (unpaired) electrons. The van der Waals surface area contributed by atoms with E-state index in [1.54, 1.807) is 11.0 Å². The van der Waals surface area contributed by atoms with Crippen molar-refractivity contribution in [3.8, 4) is 0 Å². The molecule has 1 saturated carbocycles. The number of hydrogen-bond acceptors (Lipinski definition) is 2. The van der Waals surface area contributed by atoms with Crippen LogP contribution in [0.1, 0.15) is 25.7 Å². The summed E-state index contributed by atoms with van der Waals surface area (Å²) < 4.78 is 13.4. The molecule has 1 atom stereocenters. The molecule has 3 aliphatic rings. The highest BCUT2D eigenvalue weighted by Gasteiger charge is 2.48. The Bertz CT molecular complexity index is 572. The van der Waals surface area contributed by atoms with Crippen molar-refractivity contribution in [2.75, 3.05) is 31.1 Å². The molecule has 4 heteroatoms. The highest BCUT2D eigenvalue weighted by atomic mass is 19.1. The minimum atomic E-state index is -0.275. The first-order valence-corrected chi connectivity index (χ1v) is 7.92. The predicted molar refractivity (Wildman–Crippen MR) is 79.6 cm³/mol. The summed E-state index contributed by atoms with van der Waals surface area (Å²) in [6.07, 6.45) is 4.46. The number of anilines is 1. The molecule has 0 unspecified atom stereocenters. The van der Waals surface area contributed by atoms with Crippen LogP contribution in [0.4, 0.5) is 10.1 Å². The average Bonchev–Trinajstić information content (AvgIpc) is 3.09. The quantitative estimate of drug-likeness (QED) is 0.853. The lowest BCUT2D eigenvalue weighted by Crippen LogP contribution is -2.32. The molecule has 3 nitrogen and oxygen atoms in total. The summed E-state index contributed by atoms with van der Waals surface area (Å²) in [5.74, 6) is 0.772. The van der Waals surface area contributed by atoms with Crippen LogP contribution in [0, 0.1) is 17.2 Å². The maximum Gasteiger partial charge on any atom is 0.227 e. The molecular weight excluding hydrogens is 267 g/mol. The van der Waals surface area contributed by atoms with Crippen molar-refractivity contribution < 1.29 is 9.18 Å². The lowest BCUT2D eigenvalue weighted by atomic mass is 9.86. The molecule has 0 aromatic heterocycles. The summed E-state index contributed by atoms with van der Waals surface area (Å²) in [5, 5.41) is 0. The molecule has 1 spiro atoms. The first-order valence-electron chi connectivity index (χ1n) is 7.92. The van der Waals surface area contributed by atoms with E-state index in [9.17, 15) is 9.18 Å². The molecule has 21 heavy (non-hydrogen) atoms. The van der Waals surface area contributed by atoms with E-state index in [4.69, 9.17) is 0 Å². The third-order valence-electron chi connectivity index (χ3n) is 5.17. The minimum Gasteiger partial charge on any atom is -0.312 e. The van der Waals surface area contributed by atoms with Crippen molar-refractivity contribution in [1.82, 2.24) is 4.90 Å². The Hall–Kier alpha value is -1.42. The van der Waals surface area contributed by atoms with Gasteiger partial charge in [-0.25, -0.2) is 4.39 Å². The first kappa shape index (κ1) is 13.3. The lowest BCUT2D eigenvalue weighted by molar-refractivity contribution is -0.117. The molecule has 112 valence electrons. The van der Waals surface area contributed by atoms with Gasteiger partial charge in [-0.1, -0.05) is 6.07 Å². The van der Waals surface area contributed by atoms with Gasteiger partial charge in [-0.3, -0.25) is 4.79 Å². The first-order chi connectivity index (χ1) is 10.1. The Morgan fingerprint density at radius 3 is 2.90 bits per heavy atom. The largest absolute Gasteiger partial charge is 0.312 e. The van der Waals surface area contributed by atoms with Crippen LogP contribution in [0.15, 0.2) is 24.3 Å². The highest BCUT2D eigenvalue weighted by Crippen LogP contribution is 2.43. The third kappa shape index (κ3) is 2.57. The molecule has 1 aliphatic carbocycles. The van der Waals surface area contributed by atoms with Gasteiger partial charge in [0.1, 0.15) is 5.82 Å². The monoisotopic (exact) mass is 288 g/mol. The Morgan fingerprint density at radius 1 is 1.29 bits per heavy atom.